The Bertz CT molecular complexity index is 378. The molecule has 2 unspecified atom stereocenters. The molecule has 0 bridgehead atoms. The van der Waals surface area contributed by atoms with E-state index in [1.807, 2.05) is 11.3 Å². The maximum Gasteiger partial charge on any atom is 0.0343 e. The summed E-state index contributed by atoms with van der Waals surface area (Å²) in [7, 11) is 0. The normalized spacial score (nSPS) is 25.8. The molecule has 18 heavy (non-hydrogen) atoms. The number of nitrogens with one attached hydrogen (secondary N) is 1. The van der Waals surface area contributed by atoms with E-state index in [1.165, 1.54) is 22.3 Å². The third kappa shape index (κ3) is 3.35. The van der Waals surface area contributed by atoms with Gasteiger partial charge in [0.25, 0.3) is 0 Å². The molecule has 1 aromatic rings. The first-order valence-corrected chi connectivity index (χ1v) is 8.48. The van der Waals surface area contributed by atoms with Crippen LogP contribution in [0.25, 0.3) is 0 Å². The molecule has 1 fully saturated rings. The van der Waals surface area contributed by atoms with Crippen LogP contribution in [0.4, 0.5) is 0 Å². The Kier molecular flexibility index (Phi) is 5.24. The summed E-state index contributed by atoms with van der Waals surface area (Å²) in [5.74, 6) is 0.703. The Hall–Kier alpha value is 0.1000. The van der Waals surface area contributed by atoms with Crippen LogP contribution in [0.15, 0.2) is 15.9 Å². The number of hydrogen-bond donors (Lipinski definition) is 1. The number of halogens is 1. The highest BCUT2D eigenvalue weighted by Gasteiger charge is 2.29. The van der Waals surface area contributed by atoms with Gasteiger partial charge in [-0.2, -0.15) is 0 Å². The zero-order valence-electron chi connectivity index (χ0n) is 11.4. The van der Waals surface area contributed by atoms with Crippen molar-refractivity contribution in [2.75, 3.05) is 13.1 Å². The fourth-order valence-corrected chi connectivity index (χ4v) is 4.14. The molecule has 1 aromatic heterocycles. The first-order chi connectivity index (χ1) is 8.61. The van der Waals surface area contributed by atoms with Gasteiger partial charge in [0.2, 0.25) is 0 Å². The van der Waals surface area contributed by atoms with Gasteiger partial charge >= 0.3 is 0 Å². The molecule has 0 aliphatic carbocycles. The fourth-order valence-electron chi connectivity index (χ4n) is 2.63. The van der Waals surface area contributed by atoms with E-state index in [0.717, 1.165) is 13.1 Å². The SMILES string of the molecule is CCC1CN(Cc2sccc2Br)C(C(C)C)CN1. The van der Waals surface area contributed by atoms with Gasteiger partial charge in [-0.05, 0) is 39.7 Å². The monoisotopic (exact) mass is 330 g/mol. The Morgan fingerprint density at radius 2 is 2.33 bits per heavy atom. The summed E-state index contributed by atoms with van der Waals surface area (Å²) < 4.78 is 1.27. The van der Waals surface area contributed by atoms with Crippen molar-refractivity contribution >= 4 is 27.3 Å². The zero-order valence-corrected chi connectivity index (χ0v) is 13.9. The third-order valence-electron chi connectivity index (χ3n) is 3.84. The fraction of sp³-hybridized carbons (Fsp3) is 0.714. The van der Waals surface area contributed by atoms with Crippen molar-refractivity contribution in [3.05, 3.63) is 20.8 Å². The second kappa shape index (κ2) is 6.51. The minimum absolute atomic E-state index is 0.652. The smallest absolute Gasteiger partial charge is 0.0343 e. The van der Waals surface area contributed by atoms with Crippen LogP contribution in [0.3, 0.4) is 0 Å². The summed E-state index contributed by atoms with van der Waals surface area (Å²) in [5.41, 5.74) is 0. The zero-order chi connectivity index (χ0) is 13.1. The first kappa shape index (κ1) is 14.5. The molecule has 0 aromatic carbocycles. The summed E-state index contributed by atoms with van der Waals surface area (Å²) in [6, 6.07) is 3.46. The lowest BCUT2D eigenvalue weighted by Crippen LogP contribution is -2.57. The average Bonchev–Trinajstić information content (AvgIpc) is 2.74. The maximum atomic E-state index is 3.67. The molecule has 2 nitrogen and oxygen atoms in total. The third-order valence-corrected chi connectivity index (χ3v) is 5.75. The van der Waals surface area contributed by atoms with Crippen LogP contribution in [0, 0.1) is 5.92 Å². The van der Waals surface area contributed by atoms with E-state index in [-0.39, 0.29) is 0 Å². The van der Waals surface area contributed by atoms with Crippen LogP contribution >= 0.6 is 27.3 Å². The van der Waals surface area contributed by atoms with E-state index in [4.69, 9.17) is 0 Å². The summed E-state index contributed by atoms with van der Waals surface area (Å²) in [6.45, 7) is 10.3. The predicted molar refractivity (Wildman–Crippen MR) is 83.1 cm³/mol. The second-order valence-electron chi connectivity index (χ2n) is 5.45. The van der Waals surface area contributed by atoms with Crippen LogP contribution in [0.2, 0.25) is 0 Å². The molecule has 2 rings (SSSR count). The molecule has 2 heterocycles. The highest BCUT2D eigenvalue weighted by molar-refractivity contribution is 9.10. The van der Waals surface area contributed by atoms with Crippen LogP contribution in [-0.4, -0.2) is 30.1 Å². The van der Waals surface area contributed by atoms with Crippen molar-refractivity contribution in [2.24, 2.45) is 5.92 Å². The van der Waals surface area contributed by atoms with Gasteiger partial charge in [0, 0.05) is 41.1 Å². The molecular formula is C14H23BrN2S. The Balaban J connectivity index is 2.07. The minimum atomic E-state index is 0.652. The van der Waals surface area contributed by atoms with Gasteiger partial charge in [0.05, 0.1) is 0 Å². The van der Waals surface area contributed by atoms with Crippen LogP contribution in [0.5, 0.6) is 0 Å². The Morgan fingerprint density at radius 1 is 1.56 bits per heavy atom. The molecule has 0 amide bonds. The highest BCUT2D eigenvalue weighted by Crippen LogP contribution is 2.27. The Morgan fingerprint density at radius 3 is 2.89 bits per heavy atom. The number of nitrogens with zero attached hydrogens (tertiary/aromatic N) is 1. The average molecular weight is 331 g/mol. The van der Waals surface area contributed by atoms with E-state index in [0.29, 0.717) is 18.0 Å². The van der Waals surface area contributed by atoms with E-state index in [9.17, 15) is 0 Å². The van der Waals surface area contributed by atoms with E-state index in [2.05, 4.69) is 58.4 Å². The largest absolute Gasteiger partial charge is 0.311 e. The van der Waals surface area contributed by atoms with Gasteiger partial charge in [-0.15, -0.1) is 11.3 Å². The molecule has 4 heteroatoms. The van der Waals surface area contributed by atoms with E-state index < -0.39 is 0 Å². The minimum Gasteiger partial charge on any atom is -0.311 e. The second-order valence-corrected chi connectivity index (χ2v) is 7.30. The molecular weight excluding hydrogens is 308 g/mol. The van der Waals surface area contributed by atoms with Crippen LogP contribution < -0.4 is 5.32 Å². The van der Waals surface area contributed by atoms with Crippen molar-refractivity contribution in [2.45, 2.75) is 45.8 Å². The molecule has 0 radical (unpaired) electrons. The standard InChI is InChI=1S/C14H23BrN2S/c1-4-11-8-17(13(7-16-11)10(2)3)9-14-12(15)5-6-18-14/h5-6,10-11,13,16H,4,7-9H2,1-3H3. The summed E-state index contributed by atoms with van der Waals surface area (Å²) in [6.07, 6.45) is 1.22. The van der Waals surface area contributed by atoms with Gasteiger partial charge in [-0.25, -0.2) is 0 Å². The molecule has 1 saturated heterocycles. The lowest BCUT2D eigenvalue weighted by atomic mass is 9.97. The van der Waals surface area contributed by atoms with Gasteiger partial charge in [0.1, 0.15) is 0 Å². The molecule has 1 N–H and O–H groups in total. The van der Waals surface area contributed by atoms with Gasteiger partial charge in [0.15, 0.2) is 0 Å². The number of rotatable bonds is 4. The predicted octanol–water partition coefficient (Wildman–Crippen LogP) is 3.72. The van der Waals surface area contributed by atoms with E-state index >= 15 is 0 Å². The number of piperazine rings is 1. The van der Waals surface area contributed by atoms with Crippen molar-refractivity contribution in [3.8, 4) is 0 Å². The Labute approximate surface area is 123 Å². The van der Waals surface area contributed by atoms with E-state index in [1.54, 1.807) is 0 Å². The lowest BCUT2D eigenvalue weighted by molar-refractivity contribution is 0.0909. The molecule has 0 saturated carbocycles. The molecule has 2 atom stereocenters. The summed E-state index contributed by atoms with van der Waals surface area (Å²) in [4.78, 5) is 4.11. The molecule has 1 aliphatic heterocycles. The molecule has 1 aliphatic rings. The number of thiophene rings is 1. The molecule has 102 valence electrons. The van der Waals surface area contributed by atoms with Gasteiger partial charge in [-0.3, -0.25) is 4.90 Å². The molecule has 0 spiro atoms. The van der Waals surface area contributed by atoms with Crippen LogP contribution in [0.1, 0.15) is 32.1 Å². The summed E-state index contributed by atoms with van der Waals surface area (Å²) in [5, 5.41) is 5.84. The first-order valence-electron chi connectivity index (χ1n) is 6.81. The highest BCUT2D eigenvalue weighted by atomic mass is 79.9. The maximum absolute atomic E-state index is 3.67. The quantitative estimate of drug-likeness (QED) is 0.905. The van der Waals surface area contributed by atoms with Crippen molar-refractivity contribution < 1.29 is 0 Å². The van der Waals surface area contributed by atoms with Crippen molar-refractivity contribution in [3.63, 3.8) is 0 Å². The number of hydrogen-bond acceptors (Lipinski definition) is 3. The summed E-state index contributed by atoms with van der Waals surface area (Å²) >= 11 is 5.51. The topological polar surface area (TPSA) is 15.3 Å². The van der Waals surface area contributed by atoms with Crippen LogP contribution in [-0.2, 0) is 6.54 Å². The van der Waals surface area contributed by atoms with Crippen molar-refractivity contribution in [1.29, 1.82) is 0 Å². The lowest BCUT2D eigenvalue weighted by Gasteiger charge is -2.42. The van der Waals surface area contributed by atoms with Gasteiger partial charge in [-0.1, -0.05) is 20.8 Å². The van der Waals surface area contributed by atoms with Crippen molar-refractivity contribution in [1.82, 2.24) is 10.2 Å². The van der Waals surface area contributed by atoms with Gasteiger partial charge < -0.3 is 5.32 Å².